The summed E-state index contributed by atoms with van der Waals surface area (Å²) in [4.78, 5) is 26.6. The highest BCUT2D eigenvalue weighted by molar-refractivity contribution is 7.10. The fraction of sp³-hybridized carbons (Fsp3) is 0.591. The number of amides is 1. The number of carbonyl (C=O) groups excluding carboxylic acids is 2. The standard InChI is InChI=1S/C22H27N3O5S.BrH/c26-20(23-19-8-11-29-24-19)14-25-9-6-15(7-10-25)17(13-25)30-21(27)22(28,16-3-1-4-16)18-5-2-12-31-18;/h2,5,8,11-12,15-17,28H,1,3-4,6-7,9-10,13-14H2;1H/t15?,17-,22?,25?;/m0./s1. The summed E-state index contributed by atoms with van der Waals surface area (Å²) in [5.41, 5.74) is -1.56. The normalized spacial score (nSPS) is 28.8. The number of ether oxygens (including phenoxy) is 1. The van der Waals surface area contributed by atoms with E-state index in [1.807, 2.05) is 17.5 Å². The number of nitrogens with one attached hydrogen (secondary N) is 1. The topological polar surface area (TPSA) is 102 Å². The first-order chi connectivity index (χ1) is 15.0. The lowest BCUT2D eigenvalue weighted by Gasteiger charge is -2.52. The number of hydrogen-bond acceptors (Lipinski definition) is 7. The molecule has 6 rings (SSSR count). The Morgan fingerprint density at radius 3 is 2.66 bits per heavy atom. The van der Waals surface area contributed by atoms with Crippen molar-refractivity contribution in [2.75, 3.05) is 31.5 Å². The van der Waals surface area contributed by atoms with Crippen LogP contribution >= 0.6 is 11.3 Å². The minimum atomic E-state index is -1.56. The number of halogens is 1. The highest BCUT2D eigenvalue weighted by atomic mass is 79.9. The third-order valence-corrected chi connectivity index (χ3v) is 8.38. The Hall–Kier alpha value is -1.75. The van der Waals surface area contributed by atoms with E-state index in [2.05, 4.69) is 10.5 Å². The molecule has 0 spiro atoms. The maximum Gasteiger partial charge on any atom is 0.344 e. The number of anilines is 1. The number of hydrogen-bond donors (Lipinski definition) is 2. The van der Waals surface area contributed by atoms with Crippen LogP contribution in [0.5, 0.6) is 0 Å². The molecule has 1 unspecified atom stereocenters. The summed E-state index contributed by atoms with van der Waals surface area (Å²) in [6, 6.07) is 5.29. The van der Waals surface area contributed by atoms with Crippen molar-refractivity contribution in [2.45, 2.75) is 43.8 Å². The fourth-order valence-electron chi connectivity index (χ4n) is 5.36. The molecule has 2 atom stereocenters. The van der Waals surface area contributed by atoms with Gasteiger partial charge in [0.15, 0.2) is 24.1 Å². The number of aromatic nitrogens is 1. The average Bonchev–Trinajstić information content (AvgIpc) is 3.41. The van der Waals surface area contributed by atoms with Crippen molar-refractivity contribution in [3.8, 4) is 0 Å². The van der Waals surface area contributed by atoms with Gasteiger partial charge in [-0.15, -0.1) is 11.3 Å². The van der Waals surface area contributed by atoms with E-state index < -0.39 is 11.6 Å². The van der Waals surface area contributed by atoms with E-state index in [0.29, 0.717) is 28.3 Å². The molecule has 3 saturated heterocycles. The van der Waals surface area contributed by atoms with Gasteiger partial charge in [0.1, 0.15) is 12.8 Å². The summed E-state index contributed by atoms with van der Waals surface area (Å²) >= 11 is 1.40. The number of thiophene rings is 1. The van der Waals surface area contributed by atoms with E-state index in [9.17, 15) is 14.7 Å². The Balaban J connectivity index is 0.00000245. The summed E-state index contributed by atoms with van der Waals surface area (Å²) in [5.74, 6) is -0.0419. The quantitative estimate of drug-likeness (QED) is 0.374. The van der Waals surface area contributed by atoms with Crippen molar-refractivity contribution in [3.63, 3.8) is 0 Å². The Morgan fingerprint density at radius 2 is 2.06 bits per heavy atom. The molecule has 4 aliphatic rings. The summed E-state index contributed by atoms with van der Waals surface area (Å²) in [6.45, 7) is 2.70. The Labute approximate surface area is 201 Å². The lowest BCUT2D eigenvalue weighted by molar-refractivity contribution is -0.939. The second-order valence-electron chi connectivity index (χ2n) is 9.22. The molecule has 2 bridgehead atoms. The summed E-state index contributed by atoms with van der Waals surface area (Å²) in [6.07, 6.45) is 5.66. The first-order valence-corrected chi connectivity index (χ1v) is 11.9. The maximum atomic E-state index is 13.3. The lowest BCUT2D eigenvalue weighted by Crippen LogP contribution is -3.00. The minimum absolute atomic E-state index is 0. The molecule has 32 heavy (non-hydrogen) atoms. The molecule has 2 N–H and O–H groups in total. The van der Waals surface area contributed by atoms with E-state index in [0.717, 1.165) is 45.2 Å². The van der Waals surface area contributed by atoms with Crippen LogP contribution in [0.15, 0.2) is 34.4 Å². The van der Waals surface area contributed by atoms with Gasteiger partial charge in [0.25, 0.3) is 5.91 Å². The van der Waals surface area contributed by atoms with E-state index in [1.54, 1.807) is 6.07 Å². The molecule has 1 aliphatic carbocycles. The van der Waals surface area contributed by atoms with Gasteiger partial charge in [-0.25, -0.2) is 4.79 Å². The van der Waals surface area contributed by atoms with Crippen LogP contribution in [0.2, 0.25) is 0 Å². The van der Waals surface area contributed by atoms with Crippen LogP contribution in [0, 0.1) is 11.8 Å². The molecule has 0 aromatic carbocycles. The van der Waals surface area contributed by atoms with Crippen molar-refractivity contribution in [2.24, 2.45) is 11.8 Å². The third-order valence-electron chi connectivity index (χ3n) is 7.39. The molecule has 8 nitrogen and oxygen atoms in total. The van der Waals surface area contributed by atoms with Crippen LogP contribution in [0.25, 0.3) is 0 Å². The first-order valence-electron chi connectivity index (χ1n) is 11.0. The molecular weight excluding hydrogens is 498 g/mol. The van der Waals surface area contributed by atoms with Crippen LogP contribution in [-0.4, -0.2) is 58.9 Å². The van der Waals surface area contributed by atoms with Crippen LogP contribution in [-0.2, 0) is 19.9 Å². The lowest BCUT2D eigenvalue weighted by atomic mass is 9.72. The second kappa shape index (κ2) is 9.24. The molecule has 4 fully saturated rings. The predicted octanol–water partition coefficient (Wildman–Crippen LogP) is -0.481. The largest absolute Gasteiger partial charge is 1.00 e. The Bertz CT molecular complexity index is 926. The van der Waals surface area contributed by atoms with Gasteiger partial charge >= 0.3 is 5.97 Å². The first kappa shape index (κ1) is 23.4. The van der Waals surface area contributed by atoms with Crippen molar-refractivity contribution in [3.05, 3.63) is 34.7 Å². The van der Waals surface area contributed by atoms with Gasteiger partial charge in [-0.1, -0.05) is 17.6 Å². The molecule has 2 aromatic rings. The van der Waals surface area contributed by atoms with Gasteiger partial charge < -0.3 is 41.1 Å². The van der Waals surface area contributed by atoms with Gasteiger partial charge in [-0.3, -0.25) is 4.79 Å². The van der Waals surface area contributed by atoms with E-state index in [-0.39, 0.29) is 40.8 Å². The van der Waals surface area contributed by atoms with E-state index in [4.69, 9.17) is 9.26 Å². The van der Waals surface area contributed by atoms with Crippen LogP contribution in [0.3, 0.4) is 0 Å². The fourth-order valence-corrected chi connectivity index (χ4v) is 6.25. The number of esters is 1. The maximum absolute atomic E-state index is 13.3. The zero-order valence-corrected chi connectivity index (χ0v) is 20.1. The number of carbonyl (C=O) groups is 2. The van der Waals surface area contributed by atoms with Crippen molar-refractivity contribution >= 4 is 29.0 Å². The molecule has 174 valence electrons. The van der Waals surface area contributed by atoms with Gasteiger partial charge in [-0.2, -0.15) is 0 Å². The smallest absolute Gasteiger partial charge is 0.344 e. The zero-order valence-electron chi connectivity index (χ0n) is 17.7. The van der Waals surface area contributed by atoms with Crippen molar-refractivity contribution < 1.29 is 45.4 Å². The average molecular weight is 526 g/mol. The molecule has 10 heteroatoms. The zero-order chi connectivity index (χ0) is 21.5. The Morgan fingerprint density at radius 1 is 1.28 bits per heavy atom. The minimum Gasteiger partial charge on any atom is -1.00 e. The Kier molecular flexibility index (Phi) is 6.76. The van der Waals surface area contributed by atoms with Crippen LogP contribution < -0.4 is 22.3 Å². The van der Waals surface area contributed by atoms with Crippen molar-refractivity contribution in [1.82, 2.24) is 5.16 Å². The number of quaternary nitrogens is 1. The molecule has 1 amide bonds. The molecular formula is C22H28BrN3O5S. The number of fused-ring (bicyclic) bond motifs is 3. The van der Waals surface area contributed by atoms with Gasteiger partial charge in [-0.05, 0) is 24.3 Å². The molecule has 3 aliphatic heterocycles. The molecule has 1 saturated carbocycles. The highest BCUT2D eigenvalue weighted by Crippen LogP contribution is 2.46. The number of aliphatic hydroxyl groups is 1. The number of nitrogens with zero attached hydrogens (tertiary/aromatic N) is 2. The molecule has 2 aromatic heterocycles. The second-order valence-corrected chi connectivity index (χ2v) is 10.2. The molecule has 0 radical (unpaired) electrons. The summed E-state index contributed by atoms with van der Waals surface area (Å²) < 4.78 is 11.4. The number of piperidine rings is 3. The third kappa shape index (κ3) is 4.25. The predicted molar refractivity (Wildman–Crippen MR) is 113 cm³/mol. The SMILES string of the molecule is O=C(C[N+]12CCC(CC1)[C@@H](OC(=O)C(O)(c1cccs1)C1CCC1)C2)Nc1ccon1.[Br-]. The van der Waals surface area contributed by atoms with E-state index >= 15 is 0 Å². The van der Waals surface area contributed by atoms with Gasteiger partial charge in [0, 0.05) is 35.6 Å². The summed E-state index contributed by atoms with van der Waals surface area (Å²) in [5, 5.41) is 19.8. The van der Waals surface area contributed by atoms with E-state index in [1.165, 1.54) is 17.6 Å². The number of rotatable bonds is 7. The monoisotopic (exact) mass is 525 g/mol. The van der Waals surface area contributed by atoms with Crippen LogP contribution in [0.4, 0.5) is 5.82 Å². The summed E-state index contributed by atoms with van der Waals surface area (Å²) in [7, 11) is 0. The van der Waals surface area contributed by atoms with Crippen molar-refractivity contribution in [1.29, 1.82) is 0 Å². The van der Waals surface area contributed by atoms with Gasteiger partial charge in [0.05, 0.1) is 13.1 Å². The van der Waals surface area contributed by atoms with Crippen LogP contribution in [0.1, 0.15) is 37.0 Å². The van der Waals surface area contributed by atoms with Gasteiger partial charge in [0.2, 0.25) is 0 Å². The molecule has 5 heterocycles. The highest BCUT2D eigenvalue weighted by Gasteiger charge is 2.54.